The lowest BCUT2D eigenvalue weighted by molar-refractivity contribution is 0.572. The van der Waals surface area contributed by atoms with Crippen LogP contribution in [0.5, 0.6) is 0 Å². The predicted molar refractivity (Wildman–Crippen MR) is 62.5 cm³/mol. The number of hydrogen-bond acceptors (Lipinski definition) is 3. The van der Waals surface area contributed by atoms with Gasteiger partial charge in [-0.05, 0) is 25.7 Å². The number of nitrogens with zero attached hydrogens (tertiary/aromatic N) is 3. The van der Waals surface area contributed by atoms with Gasteiger partial charge in [-0.15, -0.1) is 0 Å². The third-order valence-corrected chi connectivity index (χ3v) is 3.22. The second-order valence-electron chi connectivity index (χ2n) is 3.86. The topological polar surface area (TPSA) is 29.0 Å². The maximum atomic E-state index is 6.28. The highest BCUT2D eigenvalue weighted by Gasteiger charge is 2.16. The van der Waals surface area contributed by atoms with Gasteiger partial charge in [0.25, 0.3) is 0 Å². The summed E-state index contributed by atoms with van der Waals surface area (Å²) in [6, 6.07) is 0. The molecule has 2 heterocycles. The highest BCUT2D eigenvalue weighted by molar-refractivity contribution is 6.33. The van der Waals surface area contributed by atoms with Crippen molar-refractivity contribution in [1.29, 1.82) is 0 Å². The fourth-order valence-corrected chi connectivity index (χ4v) is 2.32. The van der Waals surface area contributed by atoms with E-state index in [9.17, 15) is 0 Å². The minimum atomic E-state index is 0.738. The lowest BCUT2D eigenvalue weighted by Gasteiger charge is -2.28. The van der Waals surface area contributed by atoms with Gasteiger partial charge in [0, 0.05) is 13.1 Å². The Labute approximate surface area is 95.5 Å². The predicted octanol–water partition coefficient (Wildman–Crippen LogP) is 2.68. The Morgan fingerprint density at radius 2 is 2.00 bits per heavy atom. The summed E-state index contributed by atoms with van der Waals surface area (Å²) in [5.41, 5.74) is 0.951. The quantitative estimate of drug-likeness (QED) is 0.775. The molecule has 2 rings (SSSR count). The molecule has 0 aliphatic carbocycles. The van der Waals surface area contributed by atoms with Crippen LogP contribution in [-0.4, -0.2) is 23.1 Å². The Morgan fingerprint density at radius 1 is 1.27 bits per heavy atom. The second kappa shape index (κ2) is 4.79. The van der Waals surface area contributed by atoms with Gasteiger partial charge in [-0.3, -0.25) is 0 Å². The van der Waals surface area contributed by atoms with Crippen LogP contribution in [0.15, 0.2) is 6.33 Å². The molecule has 4 heteroatoms. The van der Waals surface area contributed by atoms with Crippen LogP contribution in [-0.2, 0) is 6.42 Å². The van der Waals surface area contributed by atoms with Crippen molar-refractivity contribution in [3.05, 3.63) is 17.0 Å². The SMILES string of the molecule is CCc1ncnc(N2CCCCC2)c1Cl. The highest BCUT2D eigenvalue weighted by Crippen LogP contribution is 2.27. The molecule has 15 heavy (non-hydrogen) atoms. The fraction of sp³-hybridized carbons (Fsp3) is 0.636. The molecule has 1 saturated heterocycles. The molecule has 0 amide bonds. The molecule has 0 unspecified atom stereocenters. The van der Waals surface area contributed by atoms with Gasteiger partial charge in [-0.25, -0.2) is 9.97 Å². The van der Waals surface area contributed by atoms with Crippen LogP contribution < -0.4 is 4.90 Å². The minimum Gasteiger partial charge on any atom is -0.355 e. The number of halogens is 1. The monoisotopic (exact) mass is 225 g/mol. The molecule has 0 atom stereocenters. The van der Waals surface area contributed by atoms with E-state index in [1.54, 1.807) is 6.33 Å². The highest BCUT2D eigenvalue weighted by atomic mass is 35.5. The zero-order chi connectivity index (χ0) is 10.7. The standard InChI is InChI=1S/C11H16ClN3/c1-2-9-10(12)11(14-8-13-9)15-6-4-3-5-7-15/h8H,2-7H2,1H3. The van der Waals surface area contributed by atoms with E-state index in [1.807, 2.05) is 0 Å². The van der Waals surface area contributed by atoms with E-state index in [-0.39, 0.29) is 0 Å². The van der Waals surface area contributed by atoms with E-state index in [4.69, 9.17) is 11.6 Å². The molecule has 0 spiro atoms. The van der Waals surface area contributed by atoms with Crippen LogP contribution in [0.3, 0.4) is 0 Å². The Balaban J connectivity index is 2.26. The summed E-state index contributed by atoms with van der Waals surface area (Å²) in [5.74, 6) is 0.920. The minimum absolute atomic E-state index is 0.738. The van der Waals surface area contributed by atoms with Crippen LogP contribution >= 0.6 is 11.6 Å². The third kappa shape index (κ3) is 2.23. The Kier molecular flexibility index (Phi) is 3.41. The lowest BCUT2D eigenvalue weighted by Crippen LogP contribution is -2.30. The molecular weight excluding hydrogens is 210 g/mol. The van der Waals surface area contributed by atoms with Gasteiger partial charge < -0.3 is 4.90 Å². The molecule has 0 N–H and O–H groups in total. The summed E-state index contributed by atoms with van der Waals surface area (Å²) in [6.45, 7) is 4.20. The van der Waals surface area contributed by atoms with E-state index >= 15 is 0 Å². The summed E-state index contributed by atoms with van der Waals surface area (Å²) >= 11 is 6.28. The first-order valence-electron chi connectivity index (χ1n) is 5.57. The Bertz CT molecular complexity index is 335. The number of piperidine rings is 1. The van der Waals surface area contributed by atoms with Gasteiger partial charge in [0.1, 0.15) is 11.3 Å². The van der Waals surface area contributed by atoms with Crippen molar-refractivity contribution in [2.24, 2.45) is 0 Å². The van der Waals surface area contributed by atoms with Crippen molar-refractivity contribution in [3.63, 3.8) is 0 Å². The van der Waals surface area contributed by atoms with Crippen LogP contribution in [0, 0.1) is 0 Å². The number of aromatic nitrogens is 2. The molecule has 1 aliphatic rings. The largest absolute Gasteiger partial charge is 0.355 e. The summed E-state index contributed by atoms with van der Waals surface area (Å²) in [5, 5.41) is 0.738. The zero-order valence-electron chi connectivity index (χ0n) is 9.04. The van der Waals surface area contributed by atoms with Crippen molar-refractivity contribution in [2.75, 3.05) is 18.0 Å². The average molecular weight is 226 g/mol. The molecule has 1 aromatic rings. The van der Waals surface area contributed by atoms with Crippen LogP contribution in [0.2, 0.25) is 5.02 Å². The third-order valence-electron chi connectivity index (χ3n) is 2.83. The first-order chi connectivity index (χ1) is 7.33. The Hall–Kier alpha value is -0.830. The number of aryl methyl sites for hydroxylation is 1. The summed E-state index contributed by atoms with van der Waals surface area (Å²) in [7, 11) is 0. The molecule has 0 saturated carbocycles. The van der Waals surface area contributed by atoms with Crippen LogP contribution in [0.25, 0.3) is 0 Å². The van der Waals surface area contributed by atoms with Crippen LogP contribution in [0.4, 0.5) is 5.82 Å². The average Bonchev–Trinajstić information content (AvgIpc) is 2.30. The maximum absolute atomic E-state index is 6.28. The maximum Gasteiger partial charge on any atom is 0.151 e. The number of hydrogen-bond donors (Lipinski definition) is 0. The van der Waals surface area contributed by atoms with Gasteiger partial charge in [0.2, 0.25) is 0 Å². The molecule has 0 aromatic carbocycles. The Morgan fingerprint density at radius 3 is 2.67 bits per heavy atom. The molecule has 1 aliphatic heterocycles. The first-order valence-corrected chi connectivity index (χ1v) is 5.95. The van der Waals surface area contributed by atoms with E-state index in [2.05, 4.69) is 21.8 Å². The molecule has 1 aromatic heterocycles. The normalized spacial score (nSPS) is 16.8. The number of anilines is 1. The lowest BCUT2D eigenvalue weighted by atomic mass is 10.1. The smallest absolute Gasteiger partial charge is 0.151 e. The molecule has 0 radical (unpaired) electrons. The van der Waals surface area contributed by atoms with Gasteiger partial charge in [-0.2, -0.15) is 0 Å². The van der Waals surface area contributed by atoms with Crippen LogP contribution in [0.1, 0.15) is 31.9 Å². The first kappa shape index (κ1) is 10.7. The van der Waals surface area contributed by atoms with Crippen molar-refractivity contribution in [1.82, 2.24) is 9.97 Å². The fourth-order valence-electron chi connectivity index (χ4n) is 1.97. The zero-order valence-corrected chi connectivity index (χ0v) is 9.80. The van der Waals surface area contributed by atoms with Crippen molar-refractivity contribution in [2.45, 2.75) is 32.6 Å². The van der Waals surface area contributed by atoms with E-state index < -0.39 is 0 Å². The summed E-state index contributed by atoms with van der Waals surface area (Å²) < 4.78 is 0. The summed E-state index contributed by atoms with van der Waals surface area (Å²) in [6.07, 6.45) is 6.28. The summed E-state index contributed by atoms with van der Waals surface area (Å²) in [4.78, 5) is 10.7. The molecule has 82 valence electrons. The van der Waals surface area contributed by atoms with E-state index in [0.29, 0.717) is 0 Å². The van der Waals surface area contributed by atoms with E-state index in [1.165, 1.54) is 19.3 Å². The van der Waals surface area contributed by atoms with Gasteiger partial charge >= 0.3 is 0 Å². The second-order valence-corrected chi connectivity index (χ2v) is 4.24. The van der Waals surface area contributed by atoms with Gasteiger partial charge in [0.05, 0.1) is 5.69 Å². The van der Waals surface area contributed by atoms with Crippen molar-refractivity contribution < 1.29 is 0 Å². The molecule has 1 fully saturated rings. The number of rotatable bonds is 2. The molecule has 0 bridgehead atoms. The van der Waals surface area contributed by atoms with Gasteiger partial charge in [-0.1, -0.05) is 18.5 Å². The molecular formula is C11H16ClN3. The van der Waals surface area contributed by atoms with Crippen molar-refractivity contribution >= 4 is 17.4 Å². The molecule has 3 nitrogen and oxygen atoms in total. The van der Waals surface area contributed by atoms with Crippen molar-refractivity contribution in [3.8, 4) is 0 Å². The van der Waals surface area contributed by atoms with Gasteiger partial charge in [0.15, 0.2) is 5.82 Å². The van der Waals surface area contributed by atoms with E-state index in [0.717, 1.165) is 36.0 Å².